The molecule has 2 aromatic carbocycles. The van der Waals surface area contributed by atoms with E-state index in [1.807, 2.05) is 13.0 Å². The SMILES string of the molecule is Cc1cc(Br)cc(NS(=O)(=O)c2cccc(C(=O)O)c2)c1. The fourth-order valence-electron chi connectivity index (χ4n) is 1.81. The van der Waals surface area contributed by atoms with Crippen molar-refractivity contribution in [3.8, 4) is 0 Å². The Hall–Kier alpha value is -1.86. The van der Waals surface area contributed by atoms with Gasteiger partial charge in [0.2, 0.25) is 0 Å². The van der Waals surface area contributed by atoms with Crippen LogP contribution in [-0.2, 0) is 10.0 Å². The lowest BCUT2D eigenvalue weighted by Gasteiger charge is -2.10. The van der Waals surface area contributed by atoms with Crippen LogP contribution in [0.4, 0.5) is 5.69 Å². The molecule has 0 spiro atoms. The van der Waals surface area contributed by atoms with Crippen molar-refractivity contribution in [1.82, 2.24) is 0 Å². The highest BCUT2D eigenvalue weighted by Gasteiger charge is 2.16. The van der Waals surface area contributed by atoms with Crippen molar-refractivity contribution in [3.63, 3.8) is 0 Å². The molecule has 0 aliphatic carbocycles. The molecular formula is C14H12BrNO4S. The van der Waals surface area contributed by atoms with Crippen LogP contribution in [0.15, 0.2) is 51.8 Å². The maximum atomic E-state index is 12.3. The predicted molar refractivity (Wildman–Crippen MR) is 83.1 cm³/mol. The monoisotopic (exact) mass is 369 g/mol. The van der Waals surface area contributed by atoms with Crippen molar-refractivity contribution in [3.05, 3.63) is 58.1 Å². The zero-order valence-corrected chi connectivity index (χ0v) is 13.4. The molecule has 21 heavy (non-hydrogen) atoms. The number of rotatable bonds is 4. The number of aryl methyl sites for hydroxylation is 1. The summed E-state index contributed by atoms with van der Waals surface area (Å²) in [5, 5.41) is 8.92. The zero-order chi connectivity index (χ0) is 15.6. The van der Waals surface area contributed by atoms with E-state index in [-0.39, 0.29) is 10.5 Å². The molecule has 110 valence electrons. The maximum absolute atomic E-state index is 12.3. The molecule has 0 aliphatic rings. The molecule has 5 nitrogen and oxygen atoms in total. The van der Waals surface area contributed by atoms with Gasteiger partial charge in [0.1, 0.15) is 0 Å². The molecular weight excluding hydrogens is 358 g/mol. The van der Waals surface area contributed by atoms with Gasteiger partial charge in [-0.2, -0.15) is 0 Å². The highest BCUT2D eigenvalue weighted by atomic mass is 79.9. The Kier molecular flexibility index (Phi) is 4.34. The predicted octanol–water partition coefficient (Wildman–Crippen LogP) is 3.26. The van der Waals surface area contributed by atoms with E-state index in [1.165, 1.54) is 18.2 Å². The van der Waals surface area contributed by atoms with Crippen molar-refractivity contribution in [2.24, 2.45) is 0 Å². The summed E-state index contributed by atoms with van der Waals surface area (Å²) in [6.45, 7) is 1.84. The van der Waals surface area contributed by atoms with Crippen LogP contribution < -0.4 is 4.72 Å². The fourth-order valence-corrected chi connectivity index (χ4v) is 3.50. The Bertz CT molecular complexity index is 782. The molecule has 0 heterocycles. The zero-order valence-electron chi connectivity index (χ0n) is 11.0. The van der Waals surface area contributed by atoms with Crippen molar-refractivity contribution >= 4 is 37.6 Å². The summed E-state index contributed by atoms with van der Waals surface area (Å²) in [6, 6.07) is 10.4. The Morgan fingerprint density at radius 2 is 1.90 bits per heavy atom. The summed E-state index contributed by atoms with van der Waals surface area (Å²) in [7, 11) is -3.84. The van der Waals surface area contributed by atoms with Crippen LogP contribution in [0, 0.1) is 6.92 Å². The topological polar surface area (TPSA) is 83.5 Å². The van der Waals surface area contributed by atoms with E-state index in [1.54, 1.807) is 12.1 Å². The van der Waals surface area contributed by atoms with Gasteiger partial charge >= 0.3 is 5.97 Å². The van der Waals surface area contributed by atoms with Gasteiger partial charge in [-0.05, 0) is 48.9 Å². The number of carboxylic acid groups (broad SMARTS) is 1. The van der Waals surface area contributed by atoms with Gasteiger partial charge < -0.3 is 5.11 Å². The second-order valence-electron chi connectivity index (χ2n) is 4.46. The molecule has 0 saturated carbocycles. The van der Waals surface area contributed by atoms with E-state index in [4.69, 9.17) is 5.11 Å². The molecule has 0 aliphatic heterocycles. The number of anilines is 1. The molecule has 2 N–H and O–H groups in total. The molecule has 2 rings (SSSR count). The van der Waals surface area contributed by atoms with Crippen molar-refractivity contribution in [2.45, 2.75) is 11.8 Å². The Balaban J connectivity index is 2.38. The summed E-state index contributed by atoms with van der Waals surface area (Å²) < 4.78 is 27.7. The molecule has 0 atom stereocenters. The minimum Gasteiger partial charge on any atom is -0.478 e. The highest BCUT2D eigenvalue weighted by Crippen LogP contribution is 2.22. The van der Waals surface area contributed by atoms with Gasteiger partial charge in [0.15, 0.2) is 0 Å². The lowest BCUT2D eigenvalue weighted by atomic mass is 10.2. The molecule has 0 radical (unpaired) electrons. The number of benzene rings is 2. The molecule has 7 heteroatoms. The number of nitrogens with one attached hydrogen (secondary N) is 1. The van der Waals surface area contributed by atoms with Crippen LogP contribution in [-0.4, -0.2) is 19.5 Å². The van der Waals surface area contributed by atoms with Gasteiger partial charge in [-0.1, -0.05) is 22.0 Å². The lowest BCUT2D eigenvalue weighted by molar-refractivity contribution is 0.0696. The second-order valence-corrected chi connectivity index (χ2v) is 7.05. The van der Waals surface area contributed by atoms with Gasteiger partial charge in [0.05, 0.1) is 16.1 Å². The first-order valence-electron chi connectivity index (χ1n) is 5.91. The minimum absolute atomic E-state index is 0.0803. The van der Waals surface area contributed by atoms with E-state index < -0.39 is 16.0 Å². The molecule has 0 aromatic heterocycles. The number of carbonyl (C=O) groups is 1. The third-order valence-corrected chi connectivity index (χ3v) is 4.52. The van der Waals surface area contributed by atoms with E-state index in [9.17, 15) is 13.2 Å². The van der Waals surface area contributed by atoms with Gasteiger partial charge in [0, 0.05) is 4.47 Å². The normalized spacial score (nSPS) is 11.1. The Morgan fingerprint density at radius 1 is 1.19 bits per heavy atom. The Morgan fingerprint density at radius 3 is 2.52 bits per heavy atom. The first-order chi connectivity index (χ1) is 9.78. The van der Waals surface area contributed by atoms with Gasteiger partial charge in [-0.15, -0.1) is 0 Å². The van der Waals surface area contributed by atoms with Crippen molar-refractivity contribution in [2.75, 3.05) is 4.72 Å². The minimum atomic E-state index is -3.84. The second kappa shape index (κ2) is 5.87. The number of hydrogen-bond donors (Lipinski definition) is 2. The van der Waals surface area contributed by atoms with E-state index in [2.05, 4.69) is 20.7 Å². The summed E-state index contributed by atoms with van der Waals surface area (Å²) in [6.07, 6.45) is 0. The molecule has 0 amide bonds. The number of halogens is 1. The fraction of sp³-hybridized carbons (Fsp3) is 0.0714. The smallest absolute Gasteiger partial charge is 0.335 e. The third-order valence-electron chi connectivity index (χ3n) is 2.69. The van der Waals surface area contributed by atoms with E-state index >= 15 is 0 Å². The van der Waals surface area contributed by atoms with Crippen LogP contribution in [0.25, 0.3) is 0 Å². The van der Waals surface area contributed by atoms with E-state index in [0.717, 1.165) is 16.1 Å². The standard InChI is InChI=1S/C14H12BrNO4S/c1-9-5-11(15)8-12(6-9)16-21(19,20)13-4-2-3-10(7-13)14(17)18/h2-8,16H,1H3,(H,17,18). The number of aromatic carboxylic acids is 1. The number of carboxylic acids is 1. The summed E-state index contributed by atoms with van der Waals surface area (Å²) >= 11 is 3.29. The van der Waals surface area contributed by atoms with Gasteiger partial charge in [-0.25, -0.2) is 13.2 Å². The molecule has 0 bridgehead atoms. The Labute approximate surface area is 130 Å². The van der Waals surface area contributed by atoms with Crippen molar-refractivity contribution < 1.29 is 18.3 Å². The summed E-state index contributed by atoms with van der Waals surface area (Å²) in [5.74, 6) is -1.18. The van der Waals surface area contributed by atoms with Gasteiger partial charge in [-0.3, -0.25) is 4.72 Å². The van der Waals surface area contributed by atoms with Crippen LogP contribution in [0.1, 0.15) is 15.9 Å². The van der Waals surface area contributed by atoms with Crippen molar-refractivity contribution in [1.29, 1.82) is 0 Å². The van der Waals surface area contributed by atoms with Crippen LogP contribution in [0.3, 0.4) is 0 Å². The molecule has 0 saturated heterocycles. The number of hydrogen-bond acceptors (Lipinski definition) is 3. The van der Waals surface area contributed by atoms with E-state index in [0.29, 0.717) is 5.69 Å². The summed E-state index contributed by atoms with van der Waals surface area (Å²) in [5.41, 5.74) is 1.22. The first kappa shape index (κ1) is 15.5. The maximum Gasteiger partial charge on any atom is 0.335 e. The van der Waals surface area contributed by atoms with Crippen LogP contribution in [0.5, 0.6) is 0 Å². The average Bonchev–Trinajstić information content (AvgIpc) is 2.37. The molecule has 0 unspecified atom stereocenters. The lowest BCUT2D eigenvalue weighted by Crippen LogP contribution is -2.13. The molecule has 0 fully saturated rings. The average molecular weight is 370 g/mol. The third kappa shape index (κ3) is 3.83. The number of sulfonamides is 1. The van der Waals surface area contributed by atoms with Gasteiger partial charge in [0.25, 0.3) is 10.0 Å². The first-order valence-corrected chi connectivity index (χ1v) is 8.19. The highest BCUT2D eigenvalue weighted by molar-refractivity contribution is 9.10. The van der Waals surface area contributed by atoms with Crippen LogP contribution >= 0.6 is 15.9 Å². The molecule has 2 aromatic rings. The van der Waals surface area contributed by atoms with Crippen LogP contribution in [0.2, 0.25) is 0 Å². The summed E-state index contributed by atoms with van der Waals surface area (Å²) in [4.78, 5) is 10.8. The quantitative estimate of drug-likeness (QED) is 0.866. The largest absolute Gasteiger partial charge is 0.478 e.